The number of hydrogen-bond donors (Lipinski definition) is 4. The van der Waals surface area contributed by atoms with Gasteiger partial charge in [-0.15, -0.1) is 0 Å². The molecular weight excluding hydrogens is 312 g/mol. The number of nitrogens with zero attached hydrogens (tertiary/aromatic N) is 1. The number of carbonyl (C=O) groups is 1. The van der Waals surface area contributed by atoms with E-state index >= 15 is 0 Å². The Bertz CT molecular complexity index is 568. The Balaban J connectivity index is 3.19. The molecule has 0 fully saturated rings. The van der Waals surface area contributed by atoms with Crippen molar-refractivity contribution < 1.29 is 23.1 Å². The third-order valence-electron chi connectivity index (χ3n) is 3.02. The zero-order chi connectivity index (χ0) is 16.9. The van der Waals surface area contributed by atoms with Gasteiger partial charge in [0, 0.05) is 18.6 Å². The fourth-order valence-electron chi connectivity index (χ4n) is 2.22. The number of rotatable bonds is 7. The van der Waals surface area contributed by atoms with E-state index in [-0.39, 0.29) is 18.0 Å². The molecule has 126 valence electrons. The van der Waals surface area contributed by atoms with Gasteiger partial charge >= 0.3 is 5.97 Å². The summed E-state index contributed by atoms with van der Waals surface area (Å²) in [5.74, 6) is -1.36. The van der Waals surface area contributed by atoms with Crippen LogP contribution in [0.2, 0.25) is 0 Å². The number of sulfonamides is 1. The molecule has 0 aromatic carbocycles. The summed E-state index contributed by atoms with van der Waals surface area (Å²) in [4.78, 5) is 15.2. The van der Waals surface area contributed by atoms with Crippen LogP contribution in [0.4, 0.5) is 0 Å². The molecule has 0 spiro atoms. The maximum atomic E-state index is 11.6. The number of hydrogen-bond acceptors (Lipinski definition) is 5. The van der Waals surface area contributed by atoms with Crippen molar-refractivity contribution in [1.29, 1.82) is 0 Å². The van der Waals surface area contributed by atoms with Crippen molar-refractivity contribution in [1.82, 2.24) is 4.72 Å². The highest BCUT2D eigenvalue weighted by Crippen LogP contribution is 2.25. The minimum Gasteiger partial charge on any atom is -0.478 e. The fraction of sp³-hybridized carbons (Fsp3) is 0.667. The lowest BCUT2D eigenvalue weighted by atomic mass is 9.89. The minimum absolute atomic E-state index is 0.00635. The standard InChI is InChI=1S/C12H22N4O5S/c1-3-4-21-9-6-7(11(17)18)5-8(15-12(13)14)10(9)16-22(2,19)20/h6,8-10,16H,3-5H2,1-2H3,(H,17,18)(H4,13,14,15)/t8-,9+,10+/m0/s1. The van der Waals surface area contributed by atoms with Crippen molar-refractivity contribution >= 4 is 22.0 Å². The molecule has 3 atom stereocenters. The summed E-state index contributed by atoms with van der Waals surface area (Å²) < 4.78 is 31.1. The van der Waals surface area contributed by atoms with Gasteiger partial charge in [0.1, 0.15) is 0 Å². The van der Waals surface area contributed by atoms with Crippen molar-refractivity contribution in [2.45, 2.75) is 38.0 Å². The van der Waals surface area contributed by atoms with Crippen LogP contribution in [0.3, 0.4) is 0 Å². The van der Waals surface area contributed by atoms with Gasteiger partial charge in [0.05, 0.1) is 24.4 Å². The second-order valence-electron chi connectivity index (χ2n) is 5.07. The highest BCUT2D eigenvalue weighted by molar-refractivity contribution is 7.88. The smallest absolute Gasteiger partial charge is 0.331 e. The van der Waals surface area contributed by atoms with Gasteiger partial charge in [-0.05, 0) is 12.5 Å². The maximum absolute atomic E-state index is 11.6. The maximum Gasteiger partial charge on any atom is 0.331 e. The topological polar surface area (TPSA) is 157 Å². The Morgan fingerprint density at radius 2 is 2.18 bits per heavy atom. The normalized spacial score (nSPS) is 25.4. The van der Waals surface area contributed by atoms with Crippen LogP contribution in [0.5, 0.6) is 0 Å². The molecule has 0 aromatic heterocycles. The zero-order valence-corrected chi connectivity index (χ0v) is 13.3. The Labute approximate surface area is 129 Å². The van der Waals surface area contributed by atoms with Gasteiger partial charge in [0.25, 0.3) is 0 Å². The van der Waals surface area contributed by atoms with Gasteiger partial charge in [-0.3, -0.25) is 0 Å². The van der Waals surface area contributed by atoms with Crippen molar-refractivity contribution in [2.24, 2.45) is 16.5 Å². The van der Waals surface area contributed by atoms with Crippen LogP contribution in [0.1, 0.15) is 19.8 Å². The van der Waals surface area contributed by atoms with E-state index in [4.69, 9.17) is 16.2 Å². The summed E-state index contributed by atoms with van der Waals surface area (Å²) >= 11 is 0. The minimum atomic E-state index is -3.55. The van der Waals surface area contributed by atoms with Crippen LogP contribution in [-0.2, 0) is 19.6 Å². The first-order valence-electron chi connectivity index (χ1n) is 6.75. The molecule has 1 rings (SSSR count). The molecule has 6 N–H and O–H groups in total. The van der Waals surface area contributed by atoms with Gasteiger partial charge < -0.3 is 21.3 Å². The van der Waals surface area contributed by atoms with Crippen molar-refractivity contribution in [3.63, 3.8) is 0 Å². The first-order valence-corrected chi connectivity index (χ1v) is 8.64. The zero-order valence-electron chi connectivity index (χ0n) is 12.5. The first-order chi connectivity index (χ1) is 10.1. The van der Waals surface area contributed by atoms with Gasteiger partial charge in [-0.1, -0.05) is 6.92 Å². The van der Waals surface area contributed by atoms with Gasteiger partial charge in [-0.2, -0.15) is 0 Å². The molecule has 0 saturated heterocycles. The third kappa shape index (κ3) is 5.62. The van der Waals surface area contributed by atoms with Crippen LogP contribution in [0.25, 0.3) is 0 Å². The molecule has 9 nitrogen and oxygen atoms in total. The molecule has 0 amide bonds. The Hall–Kier alpha value is -1.65. The van der Waals surface area contributed by atoms with Crippen molar-refractivity contribution in [3.05, 3.63) is 11.6 Å². The van der Waals surface area contributed by atoms with Crippen LogP contribution < -0.4 is 16.2 Å². The molecular formula is C12H22N4O5S. The van der Waals surface area contributed by atoms with Crippen LogP contribution in [0, 0.1) is 0 Å². The molecule has 0 aromatic rings. The molecule has 0 bridgehead atoms. The number of aliphatic carboxylic acids is 1. The van der Waals surface area contributed by atoms with Crippen LogP contribution in [0.15, 0.2) is 16.6 Å². The number of nitrogens with one attached hydrogen (secondary N) is 1. The highest BCUT2D eigenvalue weighted by Gasteiger charge is 2.37. The molecule has 0 unspecified atom stereocenters. The molecule has 22 heavy (non-hydrogen) atoms. The Kier molecular flexibility index (Phi) is 6.33. The lowest BCUT2D eigenvalue weighted by Gasteiger charge is -2.34. The summed E-state index contributed by atoms with van der Waals surface area (Å²) in [6.45, 7) is 2.24. The van der Waals surface area contributed by atoms with Gasteiger partial charge in [0.15, 0.2) is 5.96 Å². The van der Waals surface area contributed by atoms with E-state index in [0.29, 0.717) is 13.0 Å². The van der Waals surface area contributed by atoms with Crippen LogP contribution >= 0.6 is 0 Å². The molecule has 0 heterocycles. The van der Waals surface area contributed by atoms with E-state index in [2.05, 4.69) is 9.71 Å². The van der Waals surface area contributed by atoms with Crippen molar-refractivity contribution in [3.8, 4) is 0 Å². The number of aliphatic imine (C=N–C) groups is 1. The Morgan fingerprint density at radius 3 is 2.64 bits per heavy atom. The molecule has 1 aliphatic carbocycles. The summed E-state index contributed by atoms with van der Waals surface area (Å²) in [6, 6.07) is -1.52. The predicted octanol–water partition coefficient (Wildman–Crippen LogP) is -1.24. The van der Waals surface area contributed by atoms with E-state index < -0.39 is 34.2 Å². The van der Waals surface area contributed by atoms with Crippen molar-refractivity contribution in [2.75, 3.05) is 12.9 Å². The predicted molar refractivity (Wildman–Crippen MR) is 81.7 cm³/mol. The largest absolute Gasteiger partial charge is 0.478 e. The molecule has 0 saturated carbocycles. The number of ether oxygens (including phenoxy) is 1. The average Bonchev–Trinajstić information content (AvgIpc) is 2.36. The highest BCUT2D eigenvalue weighted by atomic mass is 32.2. The van der Waals surface area contributed by atoms with E-state index in [1.54, 1.807) is 0 Å². The molecule has 10 heteroatoms. The fourth-order valence-corrected chi connectivity index (χ4v) is 3.00. The molecule has 0 radical (unpaired) electrons. The Morgan fingerprint density at radius 1 is 1.55 bits per heavy atom. The van der Waals surface area contributed by atoms with Crippen LogP contribution in [-0.4, -0.2) is 56.5 Å². The number of nitrogens with two attached hydrogens (primary N) is 2. The van der Waals surface area contributed by atoms with E-state index in [1.807, 2.05) is 6.92 Å². The van der Waals surface area contributed by atoms with E-state index in [0.717, 1.165) is 6.26 Å². The summed E-state index contributed by atoms with van der Waals surface area (Å²) in [5, 5.41) is 9.18. The van der Waals surface area contributed by atoms with Gasteiger partial charge in [0.2, 0.25) is 10.0 Å². The monoisotopic (exact) mass is 334 g/mol. The van der Waals surface area contributed by atoms with E-state index in [1.165, 1.54) is 6.08 Å². The molecule has 0 aliphatic heterocycles. The van der Waals surface area contributed by atoms with Gasteiger partial charge in [-0.25, -0.2) is 22.9 Å². The number of guanidine groups is 1. The summed E-state index contributed by atoms with van der Waals surface area (Å²) in [7, 11) is -3.55. The second kappa shape index (κ2) is 7.56. The number of carboxylic acids is 1. The van der Waals surface area contributed by atoms with E-state index in [9.17, 15) is 18.3 Å². The average molecular weight is 334 g/mol. The third-order valence-corrected chi connectivity index (χ3v) is 3.72. The summed E-state index contributed by atoms with van der Waals surface area (Å²) in [5.41, 5.74) is 10.8. The first kappa shape index (κ1) is 18.4. The lowest BCUT2D eigenvalue weighted by Crippen LogP contribution is -2.53. The SMILES string of the molecule is CCCO[C@@H]1C=C(C(=O)O)C[C@H](N=C(N)N)[C@H]1NS(C)(=O)=O. The second-order valence-corrected chi connectivity index (χ2v) is 6.85. The molecule has 1 aliphatic rings. The number of carboxylic acid groups (broad SMARTS) is 1. The quantitative estimate of drug-likeness (QED) is 0.335. The lowest BCUT2D eigenvalue weighted by molar-refractivity contribution is -0.133. The summed E-state index contributed by atoms with van der Waals surface area (Å²) in [6.07, 6.45) is 2.35.